The minimum absolute atomic E-state index is 0.238. The second-order valence-corrected chi connectivity index (χ2v) is 7.26. The first kappa shape index (κ1) is 17.9. The van der Waals surface area contributed by atoms with Crippen LogP contribution in [0.25, 0.3) is 11.3 Å². The zero-order valence-corrected chi connectivity index (χ0v) is 15.2. The van der Waals surface area contributed by atoms with Crippen molar-refractivity contribution in [1.29, 1.82) is 0 Å². The third-order valence-electron chi connectivity index (χ3n) is 5.08. The maximum Gasteiger partial charge on any atom is 0.180 e. The van der Waals surface area contributed by atoms with Crippen molar-refractivity contribution in [1.82, 2.24) is 20.3 Å². The molecule has 1 unspecified atom stereocenters. The largest absolute Gasteiger partial charge is 0.389 e. The van der Waals surface area contributed by atoms with Gasteiger partial charge in [0, 0.05) is 36.0 Å². The Balaban J connectivity index is 1.26. The van der Waals surface area contributed by atoms with Crippen LogP contribution in [-0.2, 0) is 6.54 Å². The summed E-state index contributed by atoms with van der Waals surface area (Å²) in [7, 11) is 0. The van der Waals surface area contributed by atoms with E-state index in [9.17, 15) is 10.2 Å². The van der Waals surface area contributed by atoms with Crippen LogP contribution in [0, 0.1) is 5.92 Å². The van der Waals surface area contributed by atoms with Crippen molar-refractivity contribution in [2.45, 2.75) is 44.7 Å². The number of nitrogens with zero attached hydrogens (tertiary/aromatic N) is 3. The summed E-state index contributed by atoms with van der Waals surface area (Å²) in [5.74, 6) is 0.928. The molecule has 0 bridgehead atoms. The Hall–Kier alpha value is -2.48. The Labute approximate surface area is 157 Å². The van der Waals surface area contributed by atoms with Crippen LogP contribution in [0.4, 0.5) is 0 Å². The molecule has 1 aliphatic rings. The molecule has 2 aromatic heterocycles. The van der Waals surface area contributed by atoms with E-state index in [0.29, 0.717) is 17.4 Å². The van der Waals surface area contributed by atoms with Crippen LogP contribution in [-0.4, -0.2) is 31.2 Å². The third-order valence-corrected chi connectivity index (χ3v) is 5.08. The molecule has 0 amide bonds. The van der Waals surface area contributed by atoms with E-state index in [1.54, 1.807) is 19.2 Å². The van der Waals surface area contributed by atoms with Crippen LogP contribution in [0.15, 0.2) is 53.3 Å². The third kappa shape index (κ3) is 4.10. The second kappa shape index (κ2) is 7.64. The number of aliphatic hydroxyl groups excluding tert-OH is 2. The summed E-state index contributed by atoms with van der Waals surface area (Å²) in [4.78, 5) is 0. The van der Waals surface area contributed by atoms with Crippen molar-refractivity contribution >= 4 is 0 Å². The molecule has 2 heterocycles. The van der Waals surface area contributed by atoms with E-state index < -0.39 is 12.3 Å². The smallest absolute Gasteiger partial charge is 0.180 e. The predicted octanol–water partition coefficient (Wildman–Crippen LogP) is 2.65. The lowest BCUT2D eigenvalue weighted by Gasteiger charge is -2.36. The highest BCUT2D eigenvalue weighted by atomic mass is 16.5. The molecule has 1 saturated carbocycles. The van der Waals surface area contributed by atoms with Crippen molar-refractivity contribution in [3.63, 3.8) is 0 Å². The van der Waals surface area contributed by atoms with Gasteiger partial charge in [0.25, 0.3) is 0 Å². The average Bonchev–Trinajstić information content (AvgIpc) is 3.30. The van der Waals surface area contributed by atoms with Gasteiger partial charge in [0.2, 0.25) is 0 Å². The number of aliphatic hydroxyl groups is 2. The molecule has 2 atom stereocenters. The van der Waals surface area contributed by atoms with Gasteiger partial charge < -0.3 is 14.7 Å². The molecule has 3 aromatic rings. The molecule has 1 aromatic carbocycles. The fourth-order valence-corrected chi connectivity index (χ4v) is 3.45. The van der Waals surface area contributed by atoms with Crippen LogP contribution < -0.4 is 5.32 Å². The standard InChI is InChI=1S/C20H24N4O3/c1-13(25)16-10-21-24(12-16)11-14-7-17(8-14)22-20(26)19-9-18(23-27-19)15-5-3-2-4-6-15/h2-6,9-10,12-14,17,20,22,25-26H,7-8,11H2,1H3/t13-,14?,17?,20?/m1/s1. The minimum atomic E-state index is -0.868. The summed E-state index contributed by atoms with van der Waals surface area (Å²) in [6.45, 7) is 2.56. The number of hydrogen-bond donors (Lipinski definition) is 3. The zero-order chi connectivity index (χ0) is 18.8. The lowest BCUT2D eigenvalue weighted by atomic mass is 9.80. The molecular weight excluding hydrogens is 344 g/mol. The minimum Gasteiger partial charge on any atom is -0.389 e. The van der Waals surface area contributed by atoms with E-state index in [2.05, 4.69) is 15.6 Å². The molecule has 4 rings (SSSR count). The number of aromatic nitrogens is 3. The predicted molar refractivity (Wildman–Crippen MR) is 99.4 cm³/mol. The van der Waals surface area contributed by atoms with Gasteiger partial charge in [0.1, 0.15) is 5.69 Å². The maximum atomic E-state index is 10.4. The van der Waals surface area contributed by atoms with Gasteiger partial charge in [-0.1, -0.05) is 35.5 Å². The molecule has 0 spiro atoms. The van der Waals surface area contributed by atoms with Gasteiger partial charge in [-0.05, 0) is 25.7 Å². The van der Waals surface area contributed by atoms with Gasteiger partial charge in [0.05, 0.1) is 12.3 Å². The van der Waals surface area contributed by atoms with E-state index in [0.717, 1.165) is 30.5 Å². The topological polar surface area (TPSA) is 96.3 Å². The Morgan fingerprint density at radius 3 is 2.74 bits per heavy atom. The Kier molecular flexibility index (Phi) is 5.07. The first-order valence-corrected chi connectivity index (χ1v) is 9.25. The molecular formula is C20H24N4O3. The van der Waals surface area contributed by atoms with Crippen LogP contribution in [0.5, 0.6) is 0 Å². The van der Waals surface area contributed by atoms with E-state index in [1.165, 1.54) is 0 Å². The number of nitrogens with one attached hydrogen (secondary N) is 1. The van der Waals surface area contributed by atoms with Gasteiger partial charge in [-0.3, -0.25) is 10.00 Å². The fraction of sp³-hybridized carbons (Fsp3) is 0.400. The molecule has 0 radical (unpaired) electrons. The lowest BCUT2D eigenvalue weighted by molar-refractivity contribution is 0.0587. The van der Waals surface area contributed by atoms with Gasteiger partial charge in [-0.25, -0.2) is 0 Å². The Bertz CT molecular complexity index is 868. The van der Waals surface area contributed by atoms with Gasteiger partial charge in [0.15, 0.2) is 12.0 Å². The molecule has 3 N–H and O–H groups in total. The molecule has 0 aliphatic heterocycles. The van der Waals surface area contributed by atoms with Gasteiger partial charge in [-0.2, -0.15) is 5.10 Å². The molecule has 142 valence electrons. The highest BCUT2D eigenvalue weighted by Crippen LogP contribution is 2.31. The highest BCUT2D eigenvalue weighted by molar-refractivity contribution is 5.58. The van der Waals surface area contributed by atoms with Crippen molar-refractivity contribution in [2.75, 3.05) is 0 Å². The summed E-state index contributed by atoms with van der Waals surface area (Å²) in [6, 6.07) is 11.7. The zero-order valence-electron chi connectivity index (χ0n) is 15.2. The average molecular weight is 368 g/mol. The molecule has 1 fully saturated rings. The summed E-state index contributed by atoms with van der Waals surface area (Å²) < 4.78 is 7.17. The first-order chi connectivity index (χ1) is 13.1. The first-order valence-electron chi connectivity index (χ1n) is 9.25. The molecule has 7 heteroatoms. The van der Waals surface area contributed by atoms with E-state index in [4.69, 9.17) is 4.52 Å². The SMILES string of the molecule is C[C@@H](O)c1cnn(CC2CC(NC(O)c3cc(-c4ccccc4)no3)C2)c1. The summed E-state index contributed by atoms with van der Waals surface area (Å²) in [5.41, 5.74) is 2.50. The normalized spacial score (nSPS) is 21.6. The summed E-state index contributed by atoms with van der Waals surface area (Å²) in [6.07, 6.45) is 4.15. The van der Waals surface area contributed by atoms with E-state index >= 15 is 0 Å². The highest BCUT2D eigenvalue weighted by Gasteiger charge is 2.32. The fourth-order valence-electron chi connectivity index (χ4n) is 3.45. The lowest BCUT2D eigenvalue weighted by Crippen LogP contribution is -2.44. The Morgan fingerprint density at radius 1 is 1.26 bits per heavy atom. The Morgan fingerprint density at radius 2 is 2.04 bits per heavy atom. The second-order valence-electron chi connectivity index (χ2n) is 7.26. The number of hydrogen-bond acceptors (Lipinski definition) is 6. The number of benzene rings is 1. The monoisotopic (exact) mass is 368 g/mol. The van der Waals surface area contributed by atoms with Crippen LogP contribution in [0.2, 0.25) is 0 Å². The summed E-state index contributed by atoms with van der Waals surface area (Å²) in [5, 5.41) is 31.4. The molecule has 27 heavy (non-hydrogen) atoms. The van der Waals surface area contributed by atoms with Crippen molar-refractivity contribution in [2.24, 2.45) is 5.92 Å². The van der Waals surface area contributed by atoms with Crippen molar-refractivity contribution in [3.05, 3.63) is 60.1 Å². The van der Waals surface area contributed by atoms with E-state index in [-0.39, 0.29) is 6.04 Å². The van der Waals surface area contributed by atoms with Gasteiger partial charge >= 0.3 is 0 Å². The quantitative estimate of drug-likeness (QED) is 0.555. The molecule has 7 nitrogen and oxygen atoms in total. The van der Waals surface area contributed by atoms with Gasteiger partial charge in [-0.15, -0.1) is 0 Å². The summed E-state index contributed by atoms with van der Waals surface area (Å²) >= 11 is 0. The van der Waals surface area contributed by atoms with Crippen LogP contribution >= 0.6 is 0 Å². The molecule has 1 aliphatic carbocycles. The van der Waals surface area contributed by atoms with Crippen molar-refractivity contribution in [3.8, 4) is 11.3 Å². The maximum absolute atomic E-state index is 10.4. The number of rotatable bonds is 7. The van der Waals surface area contributed by atoms with E-state index in [1.807, 2.05) is 41.2 Å². The molecule has 0 saturated heterocycles. The van der Waals surface area contributed by atoms with Crippen LogP contribution in [0.1, 0.15) is 43.4 Å². The van der Waals surface area contributed by atoms with Crippen molar-refractivity contribution < 1.29 is 14.7 Å². The van der Waals surface area contributed by atoms with Crippen LogP contribution in [0.3, 0.4) is 0 Å².